The quantitative estimate of drug-likeness (QED) is 0.204. The van der Waals surface area contributed by atoms with Gasteiger partial charge in [0.1, 0.15) is 5.60 Å². The average Bonchev–Trinajstić information content (AvgIpc) is 2.76. The number of rotatable bonds is 14. The minimum atomic E-state index is -5.62. The molecule has 1 aromatic carbocycles. The molecule has 210 valence electrons. The van der Waals surface area contributed by atoms with Gasteiger partial charge in [0.15, 0.2) is 0 Å². The molecule has 5 nitrogen and oxygen atoms in total. The fraction of sp³-hybridized carbons (Fsp3) is 0.652. The number of nitriles is 1. The largest absolute Gasteiger partial charge is 0.453 e. The number of halogens is 8. The first-order valence-corrected chi connectivity index (χ1v) is 12.8. The molecule has 0 spiro atoms. The van der Waals surface area contributed by atoms with Crippen LogP contribution in [0.4, 0.5) is 40.8 Å². The normalized spacial score (nSPS) is 15.1. The highest BCUT2D eigenvalue weighted by Crippen LogP contribution is 2.39. The topological polar surface area (TPSA) is 90.2 Å². The van der Waals surface area contributed by atoms with Gasteiger partial charge in [0.25, 0.3) is 5.91 Å². The van der Waals surface area contributed by atoms with E-state index in [1.54, 1.807) is 0 Å². The van der Waals surface area contributed by atoms with Gasteiger partial charge in [0.2, 0.25) is 0 Å². The van der Waals surface area contributed by atoms with Crippen molar-refractivity contribution >= 4 is 22.4 Å². The maximum atomic E-state index is 13.1. The zero-order chi connectivity index (χ0) is 28.5. The Morgan fingerprint density at radius 2 is 1.51 bits per heavy atom. The molecule has 37 heavy (non-hydrogen) atoms. The van der Waals surface area contributed by atoms with Crippen molar-refractivity contribution in [2.24, 2.45) is 0 Å². The SMILES string of the molecule is C[C@](O)(CCCCCCCS(=O)CCCC(F)(F)C(F)(F)F)C(=O)Nc1ccc(C#N)c(C(F)(F)F)c1. The lowest BCUT2D eigenvalue weighted by atomic mass is 9.96. The fourth-order valence-corrected chi connectivity index (χ4v) is 4.49. The number of hydrogen-bond acceptors (Lipinski definition) is 4. The molecule has 0 aliphatic rings. The summed E-state index contributed by atoms with van der Waals surface area (Å²) in [4.78, 5) is 12.3. The summed E-state index contributed by atoms with van der Waals surface area (Å²) in [6, 6.07) is 4.07. The highest BCUT2D eigenvalue weighted by atomic mass is 32.2. The van der Waals surface area contributed by atoms with E-state index in [2.05, 4.69) is 5.32 Å². The van der Waals surface area contributed by atoms with Gasteiger partial charge in [-0.3, -0.25) is 9.00 Å². The summed E-state index contributed by atoms with van der Waals surface area (Å²) in [7, 11) is -1.52. The van der Waals surface area contributed by atoms with Crippen molar-refractivity contribution in [3.8, 4) is 6.07 Å². The smallest absolute Gasteiger partial charge is 0.380 e. The van der Waals surface area contributed by atoms with Crippen LogP contribution in [0.3, 0.4) is 0 Å². The Labute approximate surface area is 211 Å². The van der Waals surface area contributed by atoms with Crippen LogP contribution in [-0.2, 0) is 21.8 Å². The van der Waals surface area contributed by atoms with Gasteiger partial charge < -0.3 is 10.4 Å². The summed E-state index contributed by atoms with van der Waals surface area (Å²) < 4.78 is 113. The summed E-state index contributed by atoms with van der Waals surface area (Å²) in [6.45, 7) is 1.21. The number of alkyl halides is 8. The second kappa shape index (κ2) is 13.5. The fourth-order valence-electron chi connectivity index (χ4n) is 3.29. The van der Waals surface area contributed by atoms with Crippen LogP contribution in [0.2, 0.25) is 0 Å². The van der Waals surface area contributed by atoms with Gasteiger partial charge in [0, 0.05) is 34.4 Å². The third-order valence-corrected chi connectivity index (χ3v) is 6.99. The molecule has 0 bridgehead atoms. The Balaban J connectivity index is 2.34. The minimum Gasteiger partial charge on any atom is -0.380 e. The predicted octanol–water partition coefficient (Wildman–Crippen LogP) is 6.33. The van der Waals surface area contributed by atoms with Gasteiger partial charge in [-0.05, 0) is 44.4 Å². The van der Waals surface area contributed by atoms with Crippen LogP contribution in [0.15, 0.2) is 18.2 Å². The number of amides is 1. The van der Waals surface area contributed by atoms with Crippen LogP contribution >= 0.6 is 0 Å². The van der Waals surface area contributed by atoms with Gasteiger partial charge in [-0.2, -0.15) is 40.4 Å². The van der Waals surface area contributed by atoms with Crippen molar-refractivity contribution in [3.05, 3.63) is 29.3 Å². The number of benzene rings is 1. The number of unbranched alkanes of at least 4 members (excludes halogenated alkanes) is 4. The van der Waals surface area contributed by atoms with Gasteiger partial charge in [-0.15, -0.1) is 0 Å². The second-order valence-electron chi connectivity index (χ2n) is 8.77. The molecule has 2 atom stereocenters. The lowest BCUT2D eigenvalue weighted by molar-refractivity contribution is -0.284. The molecule has 1 unspecified atom stereocenters. The molecule has 1 amide bonds. The Bertz CT molecular complexity index is 972. The van der Waals surface area contributed by atoms with E-state index in [1.165, 1.54) is 13.0 Å². The molecular weight excluding hydrogens is 536 g/mol. The number of hydrogen-bond donors (Lipinski definition) is 2. The zero-order valence-corrected chi connectivity index (χ0v) is 20.8. The molecule has 1 rings (SSSR count). The number of carbonyl (C=O) groups is 1. The van der Waals surface area contributed by atoms with E-state index in [1.807, 2.05) is 0 Å². The van der Waals surface area contributed by atoms with E-state index >= 15 is 0 Å². The van der Waals surface area contributed by atoms with E-state index in [9.17, 15) is 49.2 Å². The van der Waals surface area contributed by atoms with Crippen molar-refractivity contribution < 1.29 is 49.2 Å². The summed E-state index contributed by atoms with van der Waals surface area (Å²) in [5, 5.41) is 21.4. The summed E-state index contributed by atoms with van der Waals surface area (Å²) >= 11 is 0. The van der Waals surface area contributed by atoms with Crippen LogP contribution in [0, 0.1) is 11.3 Å². The van der Waals surface area contributed by atoms with Crippen molar-refractivity contribution in [1.29, 1.82) is 5.26 Å². The molecule has 0 fully saturated rings. The monoisotopic (exact) mass is 564 g/mol. The molecule has 0 radical (unpaired) electrons. The van der Waals surface area contributed by atoms with Gasteiger partial charge in [-0.1, -0.05) is 25.7 Å². The first-order chi connectivity index (χ1) is 16.9. The first-order valence-electron chi connectivity index (χ1n) is 11.4. The van der Waals surface area contributed by atoms with Crippen LogP contribution < -0.4 is 5.32 Å². The van der Waals surface area contributed by atoms with Crippen molar-refractivity contribution in [2.75, 3.05) is 16.8 Å². The van der Waals surface area contributed by atoms with Gasteiger partial charge in [0.05, 0.1) is 17.2 Å². The molecule has 0 aromatic heterocycles. The molecular formula is C23H28F8N2O3S. The van der Waals surface area contributed by atoms with Crippen LogP contribution in [0.5, 0.6) is 0 Å². The Hall–Kier alpha value is -2.27. The van der Waals surface area contributed by atoms with Gasteiger partial charge >= 0.3 is 18.3 Å². The van der Waals surface area contributed by atoms with E-state index in [4.69, 9.17) is 5.26 Å². The van der Waals surface area contributed by atoms with Crippen molar-refractivity contribution in [1.82, 2.24) is 0 Å². The molecule has 2 N–H and O–H groups in total. The number of nitrogens with zero attached hydrogens (tertiary/aromatic N) is 1. The third kappa shape index (κ3) is 10.9. The second-order valence-corrected chi connectivity index (χ2v) is 10.5. The Morgan fingerprint density at radius 3 is 2.08 bits per heavy atom. The lowest BCUT2D eigenvalue weighted by Crippen LogP contribution is -2.40. The van der Waals surface area contributed by atoms with Gasteiger partial charge in [-0.25, -0.2) is 0 Å². The maximum absolute atomic E-state index is 13.1. The summed E-state index contributed by atoms with van der Waals surface area (Å²) in [6.07, 6.45) is -9.75. The number of carbonyl (C=O) groups excluding carboxylic acids is 1. The van der Waals surface area contributed by atoms with E-state index < -0.39 is 64.6 Å². The molecule has 1 aromatic rings. The predicted molar refractivity (Wildman–Crippen MR) is 121 cm³/mol. The number of nitrogens with one attached hydrogen (secondary N) is 1. The first kappa shape index (κ1) is 32.8. The zero-order valence-electron chi connectivity index (χ0n) is 19.9. The van der Waals surface area contributed by atoms with Crippen LogP contribution in [0.25, 0.3) is 0 Å². The molecule has 0 heterocycles. The Kier molecular flexibility index (Phi) is 12.0. The van der Waals surface area contributed by atoms with Crippen LogP contribution in [-0.4, -0.2) is 44.4 Å². The standard InChI is InChI=1S/C23H28F8N2O3S/c1-20(35,19(34)33-17-9-8-16(15-32)18(14-17)22(26,27)28)10-5-3-2-4-6-12-37(36)13-7-11-21(24,25)23(29,30)31/h8-9,14,35H,2-7,10-13H2,1H3,(H,33,34)/t20-,37?/m0/s1. The maximum Gasteiger partial charge on any atom is 0.453 e. The number of anilines is 1. The van der Waals surface area contributed by atoms with E-state index in [0.717, 1.165) is 12.1 Å². The lowest BCUT2D eigenvalue weighted by Gasteiger charge is -2.22. The molecule has 0 aliphatic heterocycles. The highest BCUT2D eigenvalue weighted by molar-refractivity contribution is 7.84. The molecule has 0 saturated heterocycles. The molecule has 0 aliphatic carbocycles. The highest BCUT2D eigenvalue weighted by Gasteiger charge is 2.56. The molecule has 14 heteroatoms. The van der Waals surface area contributed by atoms with Crippen molar-refractivity contribution in [2.45, 2.75) is 82.2 Å². The summed E-state index contributed by atoms with van der Waals surface area (Å²) in [5.41, 5.74) is -3.94. The van der Waals surface area contributed by atoms with Crippen LogP contribution in [0.1, 0.15) is 69.4 Å². The van der Waals surface area contributed by atoms with Crippen molar-refractivity contribution in [3.63, 3.8) is 0 Å². The molecule has 0 saturated carbocycles. The van der Waals surface area contributed by atoms with E-state index in [-0.39, 0.29) is 23.6 Å². The average molecular weight is 565 g/mol. The minimum absolute atomic E-state index is 0.000583. The number of aliphatic hydroxyl groups is 1. The van der Waals surface area contributed by atoms with E-state index in [0.29, 0.717) is 38.2 Å². The summed E-state index contributed by atoms with van der Waals surface area (Å²) in [5.74, 6) is -5.82. The Morgan fingerprint density at radius 1 is 0.946 bits per heavy atom. The third-order valence-electron chi connectivity index (χ3n) is 5.51.